The minimum absolute atomic E-state index is 0.545. The van der Waals surface area contributed by atoms with Gasteiger partial charge >= 0.3 is 0 Å². The van der Waals surface area contributed by atoms with E-state index < -0.39 is 5.60 Å². The van der Waals surface area contributed by atoms with Crippen LogP contribution in [0.2, 0.25) is 0 Å². The fourth-order valence-electron chi connectivity index (χ4n) is 2.94. The summed E-state index contributed by atoms with van der Waals surface area (Å²) >= 11 is 0. The molecule has 0 aromatic heterocycles. The molecule has 21 heavy (non-hydrogen) atoms. The maximum absolute atomic E-state index is 10.6. The summed E-state index contributed by atoms with van der Waals surface area (Å²) in [6.07, 6.45) is 6.46. The Kier molecular flexibility index (Phi) is 5.60. The fourth-order valence-corrected chi connectivity index (χ4v) is 2.94. The van der Waals surface area contributed by atoms with Gasteiger partial charge in [-0.3, -0.25) is 0 Å². The predicted octanol–water partition coefficient (Wildman–Crippen LogP) is 2.74. The maximum atomic E-state index is 10.6. The lowest BCUT2D eigenvalue weighted by Gasteiger charge is -2.27. The van der Waals surface area contributed by atoms with E-state index in [0.717, 1.165) is 31.2 Å². The van der Waals surface area contributed by atoms with E-state index in [2.05, 4.69) is 11.4 Å². The second-order valence-electron chi connectivity index (χ2n) is 5.89. The summed E-state index contributed by atoms with van der Waals surface area (Å²) in [5.74, 6) is 0.602. The minimum Gasteiger partial charge on any atom is -0.495 e. The average Bonchev–Trinajstić information content (AvgIpc) is 2.72. The first-order chi connectivity index (χ1) is 10.2. The van der Waals surface area contributed by atoms with Crippen molar-refractivity contribution in [2.75, 3.05) is 13.7 Å². The molecule has 4 heteroatoms. The van der Waals surface area contributed by atoms with Gasteiger partial charge in [0.2, 0.25) is 0 Å². The van der Waals surface area contributed by atoms with E-state index in [1.165, 1.54) is 12.8 Å². The Morgan fingerprint density at radius 1 is 1.29 bits per heavy atom. The Bertz CT molecular complexity index is 500. The Hall–Kier alpha value is -1.57. The second-order valence-corrected chi connectivity index (χ2v) is 5.89. The molecule has 1 fully saturated rings. The topological polar surface area (TPSA) is 65.3 Å². The molecule has 0 unspecified atom stereocenters. The molecule has 0 bridgehead atoms. The largest absolute Gasteiger partial charge is 0.495 e. The van der Waals surface area contributed by atoms with Crippen LogP contribution in [-0.2, 0) is 6.54 Å². The van der Waals surface area contributed by atoms with Crippen molar-refractivity contribution < 1.29 is 9.84 Å². The van der Waals surface area contributed by atoms with Gasteiger partial charge in [0.05, 0.1) is 18.3 Å². The Morgan fingerprint density at radius 3 is 2.62 bits per heavy atom. The fraction of sp³-hybridized carbons (Fsp3) is 0.588. The molecular formula is C17H24N2O2. The van der Waals surface area contributed by atoms with E-state index in [1.807, 2.05) is 12.1 Å². The highest BCUT2D eigenvalue weighted by atomic mass is 16.5. The highest BCUT2D eigenvalue weighted by Crippen LogP contribution is 2.26. The molecular weight excluding hydrogens is 264 g/mol. The van der Waals surface area contributed by atoms with Crippen LogP contribution < -0.4 is 10.1 Å². The quantitative estimate of drug-likeness (QED) is 0.818. The molecule has 1 aliphatic rings. The van der Waals surface area contributed by atoms with Crippen molar-refractivity contribution in [2.24, 2.45) is 0 Å². The summed E-state index contributed by atoms with van der Waals surface area (Å²) in [7, 11) is 1.57. The smallest absolute Gasteiger partial charge is 0.136 e. The number of methoxy groups -OCH3 is 1. The van der Waals surface area contributed by atoms with Gasteiger partial charge < -0.3 is 15.2 Å². The molecule has 1 aromatic carbocycles. The van der Waals surface area contributed by atoms with E-state index >= 15 is 0 Å². The summed E-state index contributed by atoms with van der Waals surface area (Å²) in [6, 6.07) is 7.68. The highest BCUT2D eigenvalue weighted by Gasteiger charge is 2.27. The van der Waals surface area contributed by atoms with Crippen LogP contribution in [0.5, 0.6) is 5.75 Å². The van der Waals surface area contributed by atoms with Crippen molar-refractivity contribution in [3.63, 3.8) is 0 Å². The van der Waals surface area contributed by atoms with Crippen LogP contribution in [0.3, 0.4) is 0 Å². The summed E-state index contributed by atoms with van der Waals surface area (Å²) in [6.45, 7) is 1.29. The van der Waals surface area contributed by atoms with E-state index in [-0.39, 0.29) is 0 Å². The summed E-state index contributed by atoms with van der Waals surface area (Å²) in [5, 5.41) is 22.9. The van der Waals surface area contributed by atoms with Crippen molar-refractivity contribution >= 4 is 0 Å². The van der Waals surface area contributed by atoms with Gasteiger partial charge in [0.25, 0.3) is 0 Å². The number of ether oxygens (including phenoxy) is 1. The Labute approximate surface area is 126 Å². The number of hydrogen-bond acceptors (Lipinski definition) is 4. The summed E-state index contributed by atoms with van der Waals surface area (Å²) < 4.78 is 5.21. The standard InChI is InChI=1S/C17H24N2O2/c1-21-16-10-14(6-7-15(16)11-18)12-19-13-17(20)8-4-2-3-5-9-17/h6-7,10,19-20H,2-5,8-9,12-13H2,1H3. The van der Waals surface area contributed by atoms with Crippen molar-refractivity contribution in [1.82, 2.24) is 5.32 Å². The molecule has 0 spiro atoms. The molecule has 2 N–H and O–H groups in total. The lowest BCUT2D eigenvalue weighted by molar-refractivity contribution is 0.0250. The third kappa shape index (κ3) is 4.45. The molecule has 0 saturated heterocycles. The Morgan fingerprint density at radius 2 is 2.00 bits per heavy atom. The van der Waals surface area contributed by atoms with Crippen molar-refractivity contribution in [3.8, 4) is 11.8 Å². The maximum Gasteiger partial charge on any atom is 0.136 e. The van der Waals surface area contributed by atoms with Gasteiger partial charge in [-0.15, -0.1) is 0 Å². The van der Waals surface area contributed by atoms with Crippen LogP contribution in [0.15, 0.2) is 18.2 Å². The molecule has 4 nitrogen and oxygen atoms in total. The van der Waals surface area contributed by atoms with Crippen LogP contribution in [0.25, 0.3) is 0 Å². The zero-order chi connectivity index (χ0) is 15.1. The van der Waals surface area contributed by atoms with Gasteiger partial charge in [-0.25, -0.2) is 0 Å². The Balaban J connectivity index is 1.89. The average molecular weight is 288 g/mol. The molecule has 1 aromatic rings. The van der Waals surface area contributed by atoms with Crippen LogP contribution >= 0.6 is 0 Å². The number of rotatable bonds is 5. The normalized spacial score (nSPS) is 17.8. The number of benzene rings is 1. The molecule has 1 saturated carbocycles. The zero-order valence-corrected chi connectivity index (χ0v) is 12.7. The highest BCUT2D eigenvalue weighted by molar-refractivity contribution is 5.45. The van der Waals surface area contributed by atoms with Crippen molar-refractivity contribution in [1.29, 1.82) is 5.26 Å². The van der Waals surface area contributed by atoms with E-state index in [1.54, 1.807) is 13.2 Å². The molecule has 0 amide bonds. The second kappa shape index (κ2) is 7.44. The number of nitrogens with zero attached hydrogens (tertiary/aromatic N) is 1. The molecule has 114 valence electrons. The van der Waals surface area contributed by atoms with Crippen LogP contribution in [-0.4, -0.2) is 24.4 Å². The van der Waals surface area contributed by atoms with E-state index in [4.69, 9.17) is 10.00 Å². The van der Waals surface area contributed by atoms with Crippen molar-refractivity contribution in [2.45, 2.75) is 50.7 Å². The van der Waals surface area contributed by atoms with Crippen molar-refractivity contribution in [3.05, 3.63) is 29.3 Å². The van der Waals surface area contributed by atoms with Gasteiger partial charge in [-0.2, -0.15) is 5.26 Å². The SMILES string of the molecule is COc1cc(CNCC2(O)CCCCCC2)ccc1C#N. The van der Waals surface area contributed by atoms with E-state index in [0.29, 0.717) is 24.4 Å². The number of nitrogens with one attached hydrogen (secondary N) is 1. The first-order valence-electron chi connectivity index (χ1n) is 7.67. The van der Waals surface area contributed by atoms with Crippen LogP contribution in [0.1, 0.15) is 49.7 Å². The van der Waals surface area contributed by atoms with Gasteiger partial charge in [-0.05, 0) is 30.5 Å². The number of nitriles is 1. The first kappa shape index (κ1) is 15.8. The van der Waals surface area contributed by atoms with Gasteiger partial charge in [0, 0.05) is 13.1 Å². The molecule has 0 radical (unpaired) electrons. The molecule has 0 heterocycles. The molecule has 2 rings (SSSR count). The minimum atomic E-state index is -0.562. The zero-order valence-electron chi connectivity index (χ0n) is 12.7. The first-order valence-corrected chi connectivity index (χ1v) is 7.67. The van der Waals surface area contributed by atoms with Gasteiger partial charge in [0.1, 0.15) is 11.8 Å². The molecule has 0 aliphatic heterocycles. The molecule has 0 atom stereocenters. The predicted molar refractivity (Wildman–Crippen MR) is 82.1 cm³/mol. The van der Waals surface area contributed by atoms with Gasteiger partial charge in [0.15, 0.2) is 0 Å². The molecule has 1 aliphatic carbocycles. The number of aliphatic hydroxyl groups is 1. The van der Waals surface area contributed by atoms with Crippen LogP contribution in [0.4, 0.5) is 0 Å². The van der Waals surface area contributed by atoms with E-state index in [9.17, 15) is 5.11 Å². The third-order valence-electron chi connectivity index (χ3n) is 4.20. The number of hydrogen-bond donors (Lipinski definition) is 2. The lowest BCUT2D eigenvalue weighted by atomic mass is 9.94. The van der Waals surface area contributed by atoms with Crippen LogP contribution in [0, 0.1) is 11.3 Å². The lowest BCUT2D eigenvalue weighted by Crippen LogP contribution is -2.39. The van der Waals surface area contributed by atoms with Gasteiger partial charge in [-0.1, -0.05) is 31.7 Å². The monoisotopic (exact) mass is 288 g/mol. The third-order valence-corrected chi connectivity index (χ3v) is 4.20. The summed E-state index contributed by atoms with van der Waals surface area (Å²) in [5.41, 5.74) is 1.04. The summed E-state index contributed by atoms with van der Waals surface area (Å²) in [4.78, 5) is 0.